The molecule has 2 aromatic carbocycles. The van der Waals surface area contributed by atoms with Gasteiger partial charge in [0, 0.05) is 18.7 Å². The first kappa shape index (κ1) is 30.4. The second kappa shape index (κ2) is 11.5. The van der Waals surface area contributed by atoms with Crippen LogP contribution in [0.2, 0.25) is 0 Å². The van der Waals surface area contributed by atoms with Gasteiger partial charge in [0.2, 0.25) is 34.8 Å². The first-order valence-electron chi connectivity index (χ1n) is 11.2. The Kier molecular flexibility index (Phi) is 8.54. The predicted octanol–water partition coefficient (Wildman–Crippen LogP) is 4.43. The van der Waals surface area contributed by atoms with Crippen LogP contribution in [0.3, 0.4) is 0 Å². The van der Waals surface area contributed by atoms with E-state index in [1.807, 2.05) is 5.32 Å². The molecule has 0 saturated heterocycles. The molecule has 3 rings (SSSR count). The second-order valence-electron chi connectivity index (χ2n) is 9.15. The Morgan fingerprint density at radius 2 is 1.59 bits per heavy atom. The van der Waals surface area contributed by atoms with Crippen LogP contribution in [-0.4, -0.2) is 43.1 Å². The average Bonchev–Trinajstić information content (AvgIpc) is 3.35. The van der Waals surface area contributed by atoms with E-state index < -0.39 is 86.2 Å². The molecule has 41 heavy (non-hydrogen) atoms. The number of rotatable bonds is 8. The van der Waals surface area contributed by atoms with Gasteiger partial charge in [-0.15, -0.1) is 0 Å². The van der Waals surface area contributed by atoms with E-state index in [0.29, 0.717) is 0 Å². The summed E-state index contributed by atoms with van der Waals surface area (Å²) >= 11 is 0. The van der Waals surface area contributed by atoms with Crippen LogP contribution in [0, 0.1) is 49.3 Å². The van der Waals surface area contributed by atoms with Crippen molar-refractivity contribution in [3.63, 3.8) is 0 Å². The van der Waals surface area contributed by atoms with E-state index in [2.05, 4.69) is 9.72 Å². The van der Waals surface area contributed by atoms with E-state index in [1.54, 1.807) is 0 Å². The third-order valence-electron chi connectivity index (χ3n) is 5.05. The quantitative estimate of drug-likeness (QED) is 0.0762. The Morgan fingerprint density at radius 3 is 2.12 bits per heavy atom. The lowest BCUT2D eigenvalue weighted by atomic mass is 10.1. The van der Waals surface area contributed by atoms with Crippen LogP contribution >= 0.6 is 0 Å². The minimum Gasteiger partial charge on any atom is -0.444 e. The van der Waals surface area contributed by atoms with E-state index in [1.165, 1.54) is 20.8 Å². The largest absolute Gasteiger partial charge is 0.444 e. The maximum absolute atomic E-state index is 14.1. The molecule has 0 spiro atoms. The highest BCUT2D eigenvalue weighted by Crippen LogP contribution is 2.33. The number of carbonyl (C=O) groups excluding carboxylic acids is 2. The molecule has 0 aliphatic rings. The fourth-order valence-electron chi connectivity index (χ4n) is 3.36. The third-order valence-corrected chi connectivity index (χ3v) is 5.05. The lowest BCUT2D eigenvalue weighted by Crippen LogP contribution is -2.46. The summed E-state index contributed by atoms with van der Waals surface area (Å²) < 4.78 is 79.2. The zero-order valence-corrected chi connectivity index (χ0v) is 21.1. The van der Waals surface area contributed by atoms with Crippen LogP contribution < -0.4 is 10.1 Å². The zero-order valence-electron chi connectivity index (χ0n) is 21.1. The van der Waals surface area contributed by atoms with Crippen molar-refractivity contribution in [3.05, 3.63) is 85.7 Å². The Balaban J connectivity index is 1.98. The number of carbonyl (C=O) groups is 2. The lowest BCUT2D eigenvalue weighted by molar-refractivity contribution is -0.422. The summed E-state index contributed by atoms with van der Waals surface area (Å²) in [5.74, 6) is -15.8. The van der Waals surface area contributed by atoms with Crippen molar-refractivity contribution in [2.45, 2.75) is 38.8 Å². The fraction of sp³-hybridized carbons (Fsp3) is 0.261. The maximum atomic E-state index is 14.1. The number of hydrogen-bond donors (Lipinski definition) is 1. The van der Waals surface area contributed by atoms with Gasteiger partial charge < -0.3 is 14.8 Å². The number of para-hydroxylation sites is 1. The minimum absolute atomic E-state index is 0.138. The molecule has 218 valence electrons. The molecule has 18 heteroatoms. The number of amides is 1. The molecule has 0 unspecified atom stereocenters. The highest BCUT2D eigenvalue weighted by atomic mass is 19.2. The summed E-state index contributed by atoms with van der Waals surface area (Å²) in [4.78, 5) is 49.8. The van der Waals surface area contributed by atoms with Crippen molar-refractivity contribution >= 4 is 23.4 Å². The van der Waals surface area contributed by atoms with Gasteiger partial charge >= 0.3 is 23.4 Å². The number of hydrogen-bond acceptors (Lipinski definition) is 9. The molecule has 1 N–H and O–H groups in total. The molecule has 13 nitrogen and oxygen atoms in total. The van der Waals surface area contributed by atoms with Gasteiger partial charge in [-0.1, -0.05) is 6.07 Å². The first-order valence-corrected chi connectivity index (χ1v) is 11.2. The molecular formula is C23H18F5N5O8. The van der Waals surface area contributed by atoms with E-state index >= 15 is 0 Å². The van der Waals surface area contributed by atoms with E-state index in [-0.39, 0.29) is 11.4 Å². The zero-order chi connectivity index (χ0) is 30.8. The maximum Gasteiger partial charge on any atom is 0.408 e. The van der Waals surface area contributed by atoms with E-state index in [0.717, 1.165) is 35.3 Å². The van der Waals surface area contributed by atoms with E-state index in [9.17, 15) is 51.8 Å². The smallest absolute Gasteiger partial charge is 0.408 e. The number of nitro benzene ring substituents is 2. The van der Waals surface area contributed by atoms with Crippen LogP contribution in [0.25, 0.3) is 5.69 Å². The number of imidazole rings is 1. The van der Waals surface area contributed by atoms with Crippen molar-refractivity contribution < 1.29 is 50.9 Å². The molecule has 0 aliphatic carbocycles. The van der Waals surface area contributed by atoms with Gasteiger partial charge in [0.05, 0.1) is 21.9 Å². The summed E-state index contributed by atoms with van der Waals surface area (Å²) in [6, 6.07) is 1.30. The summed E-state index contributed by atoms with van der Waals surface area (Å²) in [7, 11) is 0. The van der Waals surface area contributed by atoms with Gasteiger partial charge in [0.25, 0.3) is 0 Å². The van der Waals surface area contributed by atoms with Crippen LogP contribution in [0.4, 0.5) is 38.1 Å². The minimum atomic E-state index is -2.50. The van der Waals surface area contributed by atoms with E-state index in [4.69, 9.17) is 4.74 Å². The molecule has 0 radical (unpaired) electrons. The van der Waals surface area contributed by atoms with Crippen molar-refractivity contribution in [1.29, 1.82) is 0 Å². The van der Waals surface area contributed by atoms with Gasteiger partial charge in [-0.2, -0.15) is 8.78 Å². The van der Waals surface area contributed by atoms with Crippen molar-refractivity contribution in [3.8, 4) is 11.4 Å². The molecule has 0 saturated carbocycles. The normalized spacial score (nSPS) is 12.0. The molecule has 1 heterocycles. The first-order chi connectivity index (χ1) is 19.0. The molecule has 0 fully saturated rings. The Hall–Kier alpha value is -5.16. The predicted molar refractivity (Wildman–Crippen MR) is 126 cm³/mol. The summed E-state index contributed by atoms with van der Waals surface area (Å²) in [6.07, 6.45) is 0.136. The summed E-state index contributed by atoms with van der Waals surface area (Å²) in [5, 5.41) is 24.8. The Labute approximate surface area is 225 Å². The third kappa shape index (κ3) is 6.71. The molecule has 0 aliphatic heterocycles. The number of benzene rings is 2. The van der Waals surface area contributed by atoms with Crippen LogP contribution in [-0.2, 0) is 16.0 Å². The number of esters is 1. The molecular weight excluding hydrogens is 569 g/mol. The number of nitrogens with one attached hydrogen (secondary N) is 1. The number of nitrogens with zero attached hydrogens (tertiary/aromatic N) is 4. The molecule has 1 aromatic heterocycles. The number of halogens is 5. The van der Waals surface area contributed by atoms with Crippen LogP contribution in [0.5, 0.6) is 5.75 Å². The van der Waals surface area contributed by atoms with Crippen LogP contribution in [0.15, 0.2) is 30.7 Å². The summed E-state index contributed by atoms with van der Waals surface area (Å²) in [6.45, 7) is 4.38. The fourth-order valence-corrected chi connectivity index (χ4v) is 3.36. The van der Waals surface area contributed by atoms with Crippen LogP contribution in [0.1, 0.15) is 26.5 Å². The highest BCUT2D eigenvalue weighted by molar-refractivity contribution is 5.83. The second-order valence-corrected chi connectivity index (χ2v) is 9.15. The topological polar surface area (TPSA) is 169 Å². The Bertz CT molecular complexity index is 1530. The van der Waals surface area contributed by atoms with Crippen molar-refractivity contribution in [2.24, 2.45) is 0 Å². The molecule has 1 amide bonds. The number of aromatic nitrogens is 2. The number of alkyl carbamates (subject to hydrolysis) is 1. The van der Waals surface area contributed by atoms with Crippen molar-refractivity contribution in [2.75, 3.05) is 0 Å². The van der Waals surface area contributed by atoms with Gasteiger partial charge in [-0.05, 0) is 26.8 Å². The summed E-state index contributed by atoms with van der Waals surface area (Å²) in [5.41, 5.74) is -3.26. The van der Waals surface area contributed by atoms with Gasteiger partial charge in [-0.3, -0.25) is 24.8 Å². The number of ether oxygens (including phenoxy) is 2. The highest BCUT2D eigenvalue weighted by Gasteiger charge is 2.33. The SMILES string of the molecule is CC(C)(C)OC(=O)N[C@@H](Cc1cn(-c2cccc([N+](=O)[O-])c2[N+](=O)[O-])cn1)C(=O)Oc1c(F)c(F)c(F)c(F)c1F. The molecule has 1 atom stereocenters. The average molecular weight is 587 g/mol. The monoisotopic (exact) mass is 587 g/mol. The standard InChI is InChI=1S/C23H18F5N5O8/c1-23(2,3)41-22(35)30-11(21(34)40-20-17(27)15(25)14(24)16(26)18(20)28)7-10-8-31(9-29-10)12-5-4-6-13(32(36)37)19(12)33(38)39/h4-6,8-9,11H,7H2,1-3H3,(H,30,35)/t11-/m0/s1. The van der Waals surface area contributed by atoms with Gasteiger partial charge in [-0.25, -0.2) is 27.7 Å². The Morgan fingerprint density at radius 1 is 1.00 bits per heavy atom. The molecule has 0 bridgehead atoms. The lowest BCUT2D eigenvalue weighted by Gasteiger charge is -2.22. The van der Waals surface area contributed by atoms with Gasteiger partial charge in [0.1, 0.15) is 17.3 Å². The molecule has 3 aromatic rings. The van der Waals surface area contributed by atoms with Crippen molar-refractivity contribution in [1.82, 2.24) is 14.9 Å². The van der Waals surface area contributed by atoms with Gasteiger partial charge in [0.15, 0.2) is 0 Å². The number of nitro groups is 2.